The lowest BCUT2D eigenvalue weighted by Gasteiger charge is -2.06. The zero-order valence-electron chi connectivity index (χ0n) is 11.8. The molecule has 0 radical (unpaired) electrons. The third kappa shape index (κ3) is 4.17. The fourth-order valence-electron chi connectivity index (χ4n) is 1.78. The summed E-state index contributed by atoms with van der Waals surface area (Å²) < 4.78 is 5.51. The molecule has 0 amide bonds. The minimum absolute atomic E-state index is 0.417. The summed E-state index contributed by atoms with van der Waals surface area (Å²) in [6, 6.07) is 10.5. The fraction of sp³-hybridized carbons (Fsp3) is 0.250. The van der Waals surface area contributed by atoms with E-state index < -0.39 is 0 Å². The van der Waals surface area contributed by atoms with Gasteiger partial charge in [0.15, 0.2) is 0 Å². The van der Waals surface area contributed by atoms with E-state index >= 15 is 0 Å². The van der Waals surface area contributed by atoms with Gasteiger partial charge in [-0.2, -0.15) is 0 Å². The Morgan fingerprint density at radius 1 is 1.25 bits per heavy atom. The van der Waals surface area contributed by atoms with Crippen molar-refractivity contribution < 1.29 is 4.74 Å². The van der Waals surface area contributed by atoms with Crippen LogP contribution in [0.3, 0.4) is 0 Å². The monoisotopic (exact) mass is 269 g/mol. The quantitative estimate of drug-likeness (QED) is 0.875. The molecule has 0 saturated heterocycles. The summed E-state index contributed by atoms with van der Waals surface area (Å²) in [6.45, 7) is 3.18. The number of hydrogen-bond acceptors (Lipinski definition) is 4. The Labute approximate surface area is 119 Å². The van der Waals surface area contributed by atoms with Gasteiger partial charge >= 0.3 is 6.01 Å². The number of nitrogens with zero attached hydrogens (tertiary/aromatic N) is 2. The zero-order valence-corrected chi connectivity index (χ0v) is 11.8. The van der Waals surface area contributed by atoms with Crippen LogP contribution in [0.1, 0.15) is 16.8 Å². The van der Waals surface area contributed by atoms with E-state index in [9.17, 15) is 0 Å². The molecule has 1 aromatic carbocycles. The van der Waals surface area contributed by atoms with Crippen LogP contribution in [0.5, 0.6) is 6.01 Å². The molecule has 0 fully saturated rings. The number of hydrogen-bond donors (Lipinski definition) is 1. The Bertz CT molecular complexity index is 567. The molecule has 0 aliphatic rings. The van der Waals surface area contributed by atoms with Gasteiger partial charge in [-0.1, -0.05) is 36.4 Å². The molecule has 4 nitrogen and oxygen atoms in total. The normalized spacial score (nSPS) is 10.9. The predicted molar refractivity (Wildman–Crippen MR) is 80.5 cm³/mol. The van der Waals surface area contributed by atoms with Gasteiger partial charge < -0.3 is 10.1 Å². The molecular weight excluding hydrogens is 250 g/mol. The van der Waals surface area contributed by atoms with Crippen LogP contribution in [0.2, 0.25) is 0 Å². The summed E-state index contributed by atoms with van der Waals surface area (Å²) in [4.78, 5) is 8.52. The summed E-state index contributed by atoms with van der Waals surface area (Å²) in [5, 5.41) is 3.08. The van der Waals surface area contributed by atoms with Crippen LogP contribution in [-0.2, 0) is 6.54 Å². The molecular formula is C16H19N3O. The van der Waals surface area contributed by atoms with Gasteiger partial charge in [-0.25, -0.2) is 9.97 Å². The average Bonchev–Trinajstić information content (AvgIpc) is 2.48. The first-order valence-electron chi connectivity index (χ1n) is 6.61. The lowest BCUT2D eigenvalue weighted by molar-refractivity contribution is 0.332. The molecule has 1 heterocycles. The largest absolute Gasteiger partial charge is 0.459 e. The number of aryl methyl sites for hydroxylation is 1. The molecule has 0 aliphatic heterocycles. The summed E-state index contributed by atoms with van der Waals surface area (Å²) in [7, 11) is 1.90. The maximum atomic E-state index is 5.51. The molecule has 20 heavy (non-hydrogen) atoms. The van der Waals surface area contributed by atoms with E-state index in [1.165, 1.54) is 0 Å². The van der Waals surface area contributed by atoms with Gasteiger partial charge in [0.2, 0.25) is 0 Å². The highest BCUT2D eigenvalue weighted by Gasteiger charge is 2.02. The number of ether oxygens (including phenoxy) is 1. The Morgan fingerprint density at radius 2 is 2.05 bits per heavy atom. The van der Waals surface area contributed by atoms with Gasteiger partial charge in [-0.15, -0.1) is 0 Å². The molecule has 2 aromatic rings. The van der Waals surface area contributed by atoms with Crippen LogP contribution in [0.4, 0.5) is 0 Å². The van der Waals surface area contributed by atoms with Crippen molar-refractivity contribution in [1.29, 1.82) is 0 Å². The Balaban J connectivity index is 1.88. The van der Waals surface area contributed by atoms with E-state index in [4.69, 9.17) is 4.74 Å². The minimum atomic E-state index is 0.417. The first kappa shape index (κ1) is 14.2. The number of rotatable bonds is 6. The average molecular weight is 269 g/mol. The molecule has 1 aromatic heterocycles. The Hall–Kier alpha value is -2.20. The molecule has 0 aliphatic carbocycles. The van der Waals surface area contributed by atoms with Crippen LogP contribution in [-0.4, -0.2) is 23.6 Å². The lowest BCUT2D eigenvalue weighted by Crippen LogP contribution is -2.09. The minimum Gasteiger partial charge on any atom is -0.459 e. The highest BCUT2D eigenvalue weighted by Crippen LogP contribution is 2.08. The third-order valence-electron chi connectivity index (χ3n) is 2.84. The van der Waals surface area contributed by atoms with E-state index in [1.807, 2.05) is 56.5 Å². The van der Waals surface area contributed by atoms with Crippen molar-refractivity contribution >= 4 is 6.08 Å². The van der Waals surface area contributed by atoms with Gasteiger partial charge in [-0.3, -0.25) is 0 Å². The Kier molecular flexibility index (Phi) is 5.26. The fourth-order valence-corrected chi connectivity index (χ4v) is 1.78. The van der Waals surface area contributed by atoms with Crippen LogP contribution in [0, 0.1) is 6.92 Å². The van der Waals surface area contributed by atoms with Crippen molar-refractivity contribution in [1.82, 2.24) is 15.3 Å². The highest BCUT2D eigenvalue weighted by atomic mass is 16.5. The molecule has 104 valence electrons. The van der Waals surface area contributed by atoms with Crippen molar-refractivity contribution in [2.75, 3.05) is 13.7 Å². The first-order chi connectivity index (χ1) is 9.79. The second kappa shape index (κ2) is 7.40. The SMILES string of the molecule is CNCc1cnc(OC/C=C/c2ccccc2)nc1C. The summed E-state index contributed by atoms with van der Waals surface area (Å²) >= 11 is 0. The van der Waals surface area contributed by atoms with E-state index in [0.29, 0.717) is 12.6 Å². The summed E-state index contributed by atoms with van der Waals surface area (Å²) in [5.41, 5.74) is 3.17. The third-order valence-corrected chi connectivity index (χ3v) is 2.84. The molecule has 4 heteroatoms. The van der Waals surface area contributed by atoms with Gasteiger partial charge in [-0.05, 0) is 25.6 Å². The molecule has 0 atom stereocenters. The van der Waals surface area contributed by atoms with Crippen LogP contribution in [0.15, 0.2) is 42.6 Å². The van der Waals surface area contributed by atoms with Gasteiger partial charge in [0.1, 0.15) is 6.61 Å². The molecule has 2 rings (SSSR count). The van der Waals surface area contributed by atoms with Crippen molar-refractivity contribution in [2.24, 2.45) is 0 Å². The summed E-state index contributed by atoms with van der Waals surface area (Å²) in [5.74, 6) is 0. The molecule has 0 saturated carbocycles. The van der Waals surface area contributed by atoms with Crippen molar-refractivity contribution in [2.45, 2.75) is 13.5 Å². The maximum absolute atomic E-state index is 5.51. The first-order valence-corrected chi connectivity index (χ1v) is 6.61. The smallest absolute Gasteiger partial charge is 0.316 e. The number of benzene rings is 1. The molecule has 1 N–H and O–H groups in total. The molecule has 0 spiro atoms. The number of nitrogens with one attached hydrogen (secondary N) is 1. The van der Waals surface area contributed by atoms with E-state index in [1.54, 1.807) is 6.20 Å². The molecule has 0 unspecified atom stereocenters. The van der Waals surface area contributed by atoms with E-state index in [2.05, 4.69) is 15.3 Å². The van der Waals surface area contributed by atoms with Crippen LogP contribution in [0.25, 0.3) is 6.08 Å². The van der Waals surface area contributed by atoms with Crippen molar-refractivity contribution in [3.05, 3.63) is 59.4 Å². The predicted octanol–water partition coefficient (Wildman–Crippen LogP) is 2.60. The second-order valence-corrected chi connectivity index (χ2v) is 4.42. The van der Waals surface area contributed by atoms with Gasteiger partial charge in [0, 0.05) is 24.0 Å². The summed E-state index contributed by atoms with van der Waals surface area (Å²) in [6.07, 6.45) is 5.77. The van der Waals surface area contributed by atoms with Crippen molar-refractivity contribution in [3.8, 4) is 6.01 Å². The van der Waals surface area contributed by atoms with Gasteiger partial charge in [0.05, 0.1) is 0 Å². The van der Waals surface area contributed by atoms with Gasteiger partial charge in [0.25, 0.3) is 0 Å². The molecule has 0 bridgehead atoms. The lowest BCUT2D eigenvalue weighted by atomic mass is 10.2. The topological polar surface area (TPSA) is 47.0 Å². The van der Waals surface area contributed by atoms with Crippen LogP contribution < -0.4 is 10.1 Å². The van der Waals surface area contributed by atoms with Crippen molar-refractivity contribution in [3.63, 3.8) is 0 Å². The maximum Gasteiger partial charge on any atom is 0.316 e. The Morgan fingerprint density at radius 3 is 2.75 bits per heavy atom. The second-order valence-electron chi connectivity index (χ2n) is 4.42. The van der Waals surface area contributed by atoms with E-state index in [0.717, 1.165) is 23.4 Å². The standard InChI is InChI=1S/C16H19N3O/c1-13-15(11-17-2)12-18-16(19-13)20-10-6-9-14-7-4-3-5-8-14/h3-9,12,17H,10-11H2,1-2H3/b9-6+. The number of aromatic nitrogens is 2. The highest BCUT2D eigenvalue weighted by molar-refractivity contribution is 5.48. The van der Waals surface area contributed by atoms with E-state index in [-0.39, 0.29) is 0 Å². The van der Waals surface area contributed by atoms with Crippen LogP contribution >= 0.6 is 0 Å². The zero-order chi connectivity index (χ0) is 14.2.